The van der Waals surface area contributed by atoms with E-state index in [0.29, 0.717) is 6.42 Å². The summed E-state index contributed by atoms with van der Waals surface area (Å²) in [5, 5.41) is 11.6. The molecule has 0 radical (unpaired) electrons. The standard InChI is InChI=1S/C19H30N2O5/c1-25-19(26-2)16(13-18(23)24)21-17(22)11-6-4-3-5-8-14-9-7-10-15(20)12-14/h7,9-10,12,16,19H,3-6,8,11,13,20H2,1-2H3,(H,21,22)(H,23,24). The first-order valence-electron chi connectivity index (χ1n) is 8.87. The van der Waals surface area contributed by atoms with Gasteiger partial charge < -0.3 is 25.6 Å². The minimum Gasteiger partial charge on any atom is -0.481 e. The number of ether oxygens (including phenoxy) is 2. The molecule has 7 heteroatoms. The average molecular weight is 366 g/mol. The summed E-state index contributed by atoms with van der Waals surface area (Å²) in [5.41, 5.74) is 7.76. The molecule has 1 aromatic rings. The normalized spacial score (nSPS) is 12.1. The lowest BCUT2D eigenvalue weighted by atomic mass is 10.0. The number of methoxy groups -OCH3 is 2. The molecular weight excluding hydrogens is 336 g/mol. The average Bonchev–Trinajstić information content (AvgIpc) is 2.58. The van der Waals surface area contributed by atoms with Gasteiger partial charge in [0, 0.05) is 26.3 Å². The van der Waals surface area contributed by atoms with Crippen LogP contribution in [0.3, 0.4) is 0 Å². The number of aliphatic carboxylic acids is 1. The van der Waals surface area contributed by atoms with Crippen molar-refractivity contribution in [2.24, 2.45) is 0 Å². The van der Waals surface area contributed by atoms with Crippen LogP contribution in [0.15, 0.2) is 24.3 Å². The molecule has 0 saturated carbocycles. The number of anilines is 1. The van der Waals surface area contributed by atoms with E-state index >= 15 is 0 Å². The number of carbonyl (C=O) groups is 2. The fraction of sp³-hybridized carbons (Fsp3) is 0.579. The summed E-state index contributed by atoms with van der Waals surface area (Å²) in [5.74, 6) is -1.21. The summed E-state index contributed by atoms with van der Waals surface area (Å²) in [7, 11) is 2.82. The number of aryl methyl sites for hydroxylation is 1. The highest BCUT2D eigenvalue weighted by atomic mass is 16.7. The van der Waals surface area contributed by atoms with E-state index in [1.54, 1.807) is 0 Å². The van der Waals surface area contributed by atoms with Gasteiger partial charge in [-0.1, -0.05) is 25.0 Å². The Morgan fingerprint density at radius 3 is 2.46 bits per heavy atom. The van der Waals surface area contributed by atoms with Gasteiger partial charge in [0.25, 0.3) is 0 Å². The van der Waals surface area contributed by atoms with Crippen molar-refractivity contribution in [1.29, 1.82) is 0 Å². The van der Waals surface area contributed by atoms with Crippen molar-refractivity contribution in [2.45, 2.75) is 57.3 Å². The van der Waals surface area contributed by atoms with Crippen LogP contribution >= 0.6 is 0 Å². The van der Waals surface area contributed by atoms with Crippen molar-refractivity contribution in [3.63, 3.8) is 0 Å². The fourth-order valence-electron chi connectivity index (χ4n) is 2.82. The molecule has 1 amide bonds. The van der Waals surface area contributed by atoms with Gasteiger partial charge >= 0.3 is 5.97 Å². The van der Waals surface area contributed by atoms with Crippen LogP contribution in [-0.4, -0.2) is 43.5 Å². The predicted octanol–water partition coefficient (Wildman–Crippen LogP) is 2.34. The third-order valence-corrected chi connectivity index (χ3v) is 4.10. The van der Waals surface area contributed by atoms with Gasteiger partial charge in [0.2, 0.25) is 5.91 Å². The molecule has 0 aliphatic carbocycles. The van der Waals surface area contributed by atoms with E-state index in [1.807, 2.05) is 18.2 Å². The third kappa shape index (κ3) is 8.82. The largest absolute Gasteiger partial charge is 0.481 e. The maximum Gasteiger partial charge on any atom is 0.305 e. The number of carboxylic acids is 1. The number of rotatable bonds is 13. The Bertz CT molecular complexity index is 561. The summed E-state index contributed by atoms with van der Waals surface area (Å²) in [6.45, 7) is 0. The van der Waals surface area contributed by atoms with Gasteiger partial charge in [0.15, 0.2) is 6.29 Å². The second kappa shape index (κ2) is 12.3. The molecule has 1 aromatic carbocycles. The number of nitrogen functional groups attached to an aromatic ring is 1. The molecule has 4 N–H and O–H groups in total. The van der Waals surface area contributed by atoms with E-state index in [9.17, 15) is 9.59 Å². The SMILES string of the molecule is COC(OC)C(CC(=O)O)NC(=O)CCCCCCc1cccc(N)c1. The minimum absolute atomic E-state index is 0.189. The summed E-state index contributed by atoms with van der Waals surface area (Å²) in [6, 6.07) is 7.17. The Labute approximate surface area is 154 Å². The lowest BCUT2D eigenvalue weighted by Gasteiger charge is -2.24. The van der Waals surface area contributed by atoms with Gasteiger partial charge in [-0.3, -0.25) is 9.59 Å². The van der Waals surface area contributed by atoms with Gasteiger partial charge in [-0.25, -0.2) is 0 Å². The van der Waals surface area contributed by atoms with Crippen molar-refractivity contribution < 1.29 is 24.2 Å². The minimum atomic E-state index is -1.02. The van der Waals surface area contributed by atoms with Crippen LogP contribution in [0.2, 0.25) is 0 Å². The number of amides is 1. The topological polar surface area (TPSA) is 111 Å². The molecule has 0 saturated heterocycles. The number of carboxylic acid groups (broad SMARTS) is 1. The third-order valence-electron chi connectivity index (χ3n) is 4.10. The van der Waals surface area contributed by atoms with Crippen LogP contribution in [0.1, 0.15) is 44.1 Å². The molecule has 0 bridgehead atoms. The summed E-state index contributed by atoms with van der Waals surface area (Å²) in [4.78, 5) is 23.0. The quantitative estimate of drug-likeness (QED) is 0.281. The number of hydrogen-bond acceptors (Lipinski definition) is 5. The second-order valence-electron chi connectivity index (χ2n) is 6.27. The molecule has 0 aliphatic rings. The van der Waals surface area contributed by atoms with Crippen molar-refractivity contribution in [3.05, 3.63) is 29.8 Å². The van der Waals surface area contributed by atoms with Crippen LogP contribution in [0.4, 0.5) is 5.69 Å². The Hall–Kier alpha value is -2.12. The van der Waals surface area contributed by atoms with Crippen LogP contribution in [-0.2, 0) is 25.5 Å². The fourth-order valence-corrected chi connectivity index (χ4v) is 2.82. The molecule has 0 fully saturated rings. The van der Waals surface area contributed by atoms with E-state index in [1.165, 1.54) is 19.8 Å². The maximum atomic E-state index is 12.0. The van der Waals surface area contributed by atoms with E-state index in [-0.39, 0.29) is 12.3 Å². The molecule has 1 rings (SSSR count). The number of hydrogen-bond donors (Lipinski definition) is 3. The molecule has 0 spiro atoms. The van der Waals surface area contributed by atoms with E-state index in [2.05, 4.69) is 11.4 Å². The first-order chi connectivity index (χ1) is 12.5. The van der Waals surface area contributed by atoms with E-state index < -0.39 is 18.3 Å². The summed E-state index contributed by atoms with van der Waals surface area (Å²) in [6.07, 6.45) is 4.06. The zero-order valence-corrected chi connectivity index (χ0v) is 15.6. The monoisotopic (exact) mass is 366 g/mol. The summed E-state index contributed by atoms with van der Waals surface area (Å²) >= 11 is 0. The molecule has 0 aliphatic heterocycles. The van der Waals surface area contributed by atoms with Gasteiger partial charge in [0.1, 0.15) is 0 Å². The first kappa shape index (κ1) is 21.9. The Kier molecular flexibility index (Phi) is 10.3. The highest BCUT2D eigenvalue weighted by molar-refractivity contribution is 5.77. The van der Waals surface area contributed by atoms with Crippen LogP contribution < -0.4 is 11.1 Å². The van der Waals surface area contributed by atoms with Gasteiger partial charge in [0.05, 0.1) is 12.5 Å². The summed E-state index contributed by atoms with van der Waals surface area (Å²) < 4.78 is 10.1. The number of nitrogens with one attached hydrogen (secondary N) is 1. The molecular formula is C19H30N2O5. The zero-order valence-electron chi connectivity index (χ0n) is 15.6. The number of benzene rings is 1. The van der Waals surface area contributed by atoms with Crippen molar-refractivity contribution in [3.8, 4) is 0 Å². The number of carbonyl (C=O) groups excluding carboxylic acids is 1. The predicted molar refractivity (Wildman–Crippen MR) is 99.6 cm³/mol. The number of unbranched alkanes of at least 4 members (excludes halogenated alkanes) is 3. The maximum absolute atomic E-state index is 12.0. The Morgan fingerprint density at radius 1 is 1.15 bits per heavy atom. The van der Waals surface area contributed by atoms with Crippen LogP contribution in [0.5, 0.6) is 0 Å². The van der Waals surface area contributed by atoms with Crippen LogP contribution in [0, 0.1) is 0 Å². The molecule has 1 unspecified atom stereocenters. The van der Waals surface area contributed by atoms with Crippen molar-refractivity contribution in [1.82, 2.24) is 5.32 Å². The zero-order chi connectivity index (χ0) is 19.4. The highest BCUT2D eigenvalue weighted by Gasteiger charge is 2.25. The lowest BCUT2D eigenvalue weighted by Crippen LogP contribution is -2.46. The molecule has 26 heavy (non-hydrogen) atoms. The molecule has 146 valence electrons. The number of nitrogens with two attached hydrogens (primary N) is 1. The van der Waals surface area contributed by atoms with E-state index in [0.717, 1.165) is 37.8 Å². The van der Waals surface area contributed by atoms with E-state index in [4.69, 9.17) is 20.3 Å². The first-order valence-corrected chi connectivity index (χ1v) is 8.87. The lowest BCUT2D eigenvalue weighted by molar-refractivity contribution is -0.150. The molecule has 0 aromatic heterocycles. The van der Waals surface area contributed by atoms with Gasteiger partial charge in [-0.2, -0.15) is 0 Å². The van der Waals surface area contributed by atoms with Crippen LogP contribution in [0.25, 0.3) is 0 Å². The molecule has 7 nitrogen and oxygen atoms in total. The van der Waals surface area contributed by atoms with Gasteiger partial charge in [-0.15, -0.1) is 0 Å². The van der Waals surface area contributed by atoms with Crippen molar-refractivity contribution >= 4 is 17.6 Å². The molecule has 0 heterocycles. The van der Waals surface area contributed by atoms with Crippen molar-refractivity contribution in [2.75, 3.05) is 20.0 Å². The Morgan fingerprint density at radius 2 is 1.85 bits per heavy atom. The smallest absolute Gasteiger partial charge is 0.305 e. The Balaban J connectivity index is 2.24. The highest BCUT2D eigenvalue weighted by Crippen LogP contribution is 2.12. The molecule has 1 atom stereocenters. The van der Waals surface area contributed by atoms with Gasteiger partial charge in [-0.05, 0) is 37.0 Å². The second-order valence-corrected chi connectivity index (χ2v) is 6.27.